The molecule has 3 N–H and O–H groups in total. The second-order valence-corrected chi connectivity index (χ2v) is 5.15. The number of carboxylic acid groups (broad SMARTS) is 1. The van der Waals surface area contributed by atoms with Crippen LogP contribution in [0.3, 0.4) is 0 Å². The minimum absolute atomic E-state index is 0.0789. The molecular weight excluding hydrogens is 232 g/mol. The van der Waals surface area contributed by atoms with E-state index < -0.39 is 18.1 Å². The molecule has 1 rings (SSSR count). The monoisotopic (exact) mass is 256 g/mol. The Bertz CT molecular complexity index is 307. The molecule has 18 heavy (non-hydrogen) atoms. The molecule has 3 unspecified atom stereocenters. The van der Waals surface area contributed by atoms with Crippen LogP contribution in [0.5, 0.6) is 0 Å². The van der Waals surface area contributed by atoms with Crippen molar-refractivity contribution in [3.8, 4) is 0 Å². The second kappa shape index (κ2) is 6.73. The first kappa shape index (κ1) is 15.0. The van der Waals surface area contributed by atoms with Gasteiger partial charge >= 0.3 is 5.97 Å². The molecule has 0 aromatic carbocycles. The lowest BCUT2D eigenvalue weighted by molar-refractivity contribution is -0.151. The molecule has 0 radical (unpaired) electrons. The van der Waals surface area contributed by atoms with Gasteiger partial charge in [0.05, 0.1) is 6.04 Å². The van der Waals surface area contributed by atoms with Crippen LogP contribution in [0.1, 0.15) is 46.0 Å². The Kier molecular flexibility index (Phi) is 5.59. The largest absolute Gasteiger partial charge is 0.480 e. The maximum Gasteiger partial charge on any atom is 0.326 e. The number of nitrogens with two attached hydrogens (primary N) is 1. The molecule has 0 aromatic heterocycles. The van der Waals surface area contributed by atoms with Crippen molar-refractivity contribution in [3.63, 3.8) is 0 Å². The predicted octanol–water partition coefficient (Wildman–Crippen LogP) is 1.22. The van der Waals surface area contributed by atoms with Gasteiger partial charge in [0, 0.05) is 6.54 Å². The fourth-order valence-corrected chi connectivity index (χ4v) is 2.32. The standard InChI is InChI=1S/C13H24N2O3/c1-3-9(2)11(14)12(16)15-8-6-4-5-7-10(15)13(17)18/h9-11H,3-8,14H2,1-2H3,(H,17,18). The Balaban J connectivity index is 2.81. The molecule has 5 nitrogen and oxygen atoms in total. The highest BCUT2D eigenvalue weighted by Crippen LogP contribution is 2.19. The second-order valence-electron chi connectivity index (χ2n) is 5.15. The summed E-state index contributed by atoms with van der Waals surface area (Å²) in [5, 5.41) is 9.23. The zero-order chi connectivity index (χ0) is 13.7. The first-order chi connectivity index (χ1) is 8.49. The van der Waals surface area contributed by atoms with Crippen LogP contribution >= 0.6 is 0 Å². The summed E-state index contributed by atoms with van der Waals surface area (Å²) in [6, 6.07) is -1.29. The summed E-state index contributed by atoms with van der Waals surface area (Å²) in [5.74, 6) is -1.05. The molecule has 1 aliphatic rings. The van der Waals surface area contributed by atoms with E-state index in [0.29, 0.717) is 13.0 Å². The van der Waals surface area contributed by atoms with Crippen molar-refractivity contribution < 1.29 is 14.7 Å². The molecule has 0 aliphatic carbocycles. The lowest BCUT2D eigenvalue weighted by Crippen LogP contribution is -2.53. The van der Waals surface area contributed by atoms with Gasteiger partial charge in [-0.1, -0.05) is 33.1 Å². The maximum absolute atomic E-state index is 12.3. The van der Waals surface area contributed by atoms with Crippen LogP contribution in [0.25, 0.3) is 0 Å². The Morgan fingerprint density at radius 3 is 2.61 bits per heavy atom. The third kappa shape index (κ3) is 3.45. The van der Waals surface area contributed by atoms with E-state index in [2.05, 4.69) is 0 Å². The van der Waals surface area contributed by atoms with Crippen LogP contribution in [-0.4, -0.2) is 40.5 Å². The van der Waals surface area contributed by atoms with Crippen LogP contribution in [-0.2, 0) is 9.59 Å². The number of likely N-dealkylation sites (tertiary alicyclic amines) is 1. The zero-order valence-electron chi connectivity index (χ0n) is 11.3. The highest BCUT2D eigenvalue weighted by Gasteiger charge is 2.34. The SMILES string of the molecule is CCC(C)C(N)C(=O)N1CCCCCC1C(=O)O. The number of carbonyl (C=O) groups is 2. The predicted molar refractivity (Wildman–Crippen MR) is 69.0 cm³/mol. The first-order valence-electron chi connectivity index (χ1n) is 6.77. The number of amides is 1. The van der Waals surface area contributed by atoms with E-state index in [0.717, 1.165) is 25.7 Å². The Labute approximate surface area is 108 Å². The molecule has 0 aromatic rings. The Morgan fingerprint density at radius 2 is 2.06 bits per heavy atom. The van der Waals surface area contributed by atoms with Crippen LogP contribution in [0.15, 0.2) is 0 Å². The fourth-order valence-electron chi connectivity index (χ4n) is 2.32. The molecule has 1 saturated heterocycles. The molecule has 104 valence electrons. The average Bonchev–Trinajstić information content (AvgIpc) is 2.61. The van der Waals surface area contributed by atoms with Crippen LogP contribution < -0.4 is 5.73 Å². The highest BCUT2D eigenvalue weighted by atomic mass is 16.4. The third-order valence-electron chi connectivity index (χ3n) is 3.86. The molecule has 0 bridgehead atoms. The van der Waals surface area contributed by atoms with E-state index in [-0.39, 0.29) is 11.8 Å². The van der Waals surface area contributed by atoms with E-state index >= 15 is 0 Å². The lowest BCUT2D eigenvalue weighted by Gasteiger charge is -2.31. The van der Waals surface area contributed by atoms with Crippen molar-refractivity contribution in [3.05, 3.63) is 0 Å². The maximum atomic E-state index is 12.3. The smallest absolute Gasteiger partial charge is 0.326 e. The molecule has 1 fully saturated rings. The molecule has 1 heterocycles. The minimum atomic E-state index is -0.915. The van der Waals surface area contributed by atoms with Gasteiger partial charge in [0.15, 0.2) is 0 Å². The van der Waals surface area contributed by atoms with Gasteiger partial charge in [-0.2, -0.15) is 0 Å². The van der Waals surface area contributed by atoms with Gasteiger partial charge in [-0.3, -0.25) is 4.79 Å². The summed E-state index contributed by atoms with van der Waals surface area (Å²) in [6.07, 6.45) is 4.06. The number of nitrogens with zero attached hydrogens (tertiary/aromatic N) is 1. The lowest BCUT2D eigenvalue weighted by atomic mass is 9.98. The summed E-state index contributed by atoms with van der Waals surface area (Å²) in [7, 11) is 0. The molecule has 0 saturated carbocycles. The van der Waals surface area contributed by atoms with Crippen molar-refractivity contribution in [2.45, 2.75) is 58.0 Å². The fraction of sp³-hybridized carbons (Fsp3) is 0.846. The molecular formula is C13H24N2O3. The molecule has 0 spiro atoms. The van der Waals surface area contributed by atoms with Crippen molar-refractivity contribution in [1.29, 1.82) is 0 Å². The number of carbonyl (C=O) groups excluding carboxylic acids is 1. The van der Waals surface area contributed by atoms with E-state index in [4.69, 9.17) is 5.73 Å². The van der Waals surface area contributed by atoms with Gasteiger partial charge in [-0.05, 0) is 18.8 Å². The number of hydrogen-bond acceptors (Lipinski definition) is 3. The third-order valence-corrected chi connectivity index (χ3v) is 3.86. The normalized spacial score (nSPS) is 24.2. The minimum Gasteiger partial charge on any atom is -0.480 e. The number of rotatable bonds is 4. The van der Waals surface area contributed by atoms with Crippen LogP contribution in [0.4, 0.5) is 0 Å². The highest BCUT2D eigenvalue weighted by molar-refractivity contribution is 5.87. The van der Waals surface area contributed by atoms with Crippen molar-refractivity contribution in [2.75, 3.05) is 6.54 Å². The first-order valence-corrected chi connectivity index (χ1v) is 6.77. The van der Waals surface area contributed by atoms with Crippen LogP contribution in [0, 0.1) is 5.92 Å². The van der Waals surface area contributed by atoms with Gasteiger partial charge in [-0.15, -0.1) is 0 Å². The summed E-state index contributed by atoms with van der Waals surface area (Å²) in [4.78, 5) is 25.0. The van der Waals surface area contributed by atoms with Crippen LogP contribution in [0.2, 0.25) is 0 Å². The number of aliphatic carboxylic acids is 1. The van der Waals surface area contributed by atoms with Gasteiger partial charge in [0.2, 0.25) is 5.91 Å². The molecule has 5 heteroatoms. The summed E-state index contributed by atoms with van der Waals surface area (Å²) in [6.45, 7) is 4.42. The van der Waals surface area contributed by atoms with E-state index in [1.165, 1.54) is 4.90 Å². The zero-order valence-corrected chi connectivity index (χ0v) is 11.3. The van der Waals surface area contributed by atoms with Gasteiger partial charge < -0.3 is 15.7 Å². The van der Waals surface area contributed by atoms with Gasteiger partial charge in [0.1, 0.15) is 6.04 Å². The quantitative estimate of drug-likeness (QED) is 0.792. The van der Waals surface area contributed by atoms with Gasteiger partial charge in [0.25, 0.3) is 0 Å². The molecule has 1 amide bonds. The molecule has 3 atom stereocenters. The topological polar surface area (TPSA) is 83.6 Å². The average molecular weight is 256 g/mol. The summed E-state index contributed by atoms with van der Waals surface area (Å²) in [5.41, 5.74) is 5.93. The van der Waals surface area contributed by atoms with E-state index in [1.54, 1.807) is 0 Å². The Hall–Kier alpha value is -1.10. The number of carboxylic acids is 1. The van der Waals surface area contributed by atoms with Crippen molar-refractivity contribution >= 4 is 11.9 Å². The molecule has 1 aliphatic heterocycles. The summed E-state index contributed by atoms with van der Waals surface area (Å²) >= 11 is 0. The van der Waals surface area contributed by atoms with E-state index in [9.17, 15) is 14.7 Å². The number of hydrogen-bond donors (Lipinski definition) is 2. The van der Waals surface area contributed by atoms with Crippen molar-refractivity contribution in [2.24, 2.45) is 11.7 Å². The Morgan fingerprint density at radius 1 is 1.39 bits per heavy atom. The van der Waals surface area contributed by atoms with E-state index in [1.807, 2.05) is 13.8 Å². The van der Waals surface area contributed by atoms with Gasteiger partial charge in [-0.25, -0.2) is 4.79 Å². The summed E-state index contributed by atoms with van der Waals surface area (Å²) < 4.78 is 0. The van der Waals surface area contributed by atoms with Crippen molar-refractivity contribution in [1.82, 2.24) is 4.90 Å².